The van der Waals surface area contributed by atoms with Gasteiger partial charge in [-0.2, -0.15) is 5.06 Å². The fourth-order valence-corrected chi connectivity index (χ4v) is 2.19. The smallest absolute Gasteiger partial charge is 0.320 e. The largest absolute Gasteiger partial charge is 0.480 e. The Labute approximate surface area is 117 Å². The Kier molecular flexibility index (Phi) is 13.4. The van der Waals surface area contributed by atoms with Crippen LogP contribution in [0.25, 0.3) is 0 Å². The van der Waals surface area contributed by atoms with Crippen LogP contribution < -0.4 is 0 Å². The summed E-state index contributed by atoms with van der Waals surface area (Å²) in [5, 5.41) is 18.6. The highest BCUT2D eigenvalue weighted by Crippen LogP contribution is 2.11. The molecule has 2 N–H and O–H groups in total. The van der Waals surface area contributed by atoms with Crippen molar-refractivity contribution in [2.75, 3.05) is 13.1 Å². The van der Waals surface area contributed by atoms with Gasteiger partial charge in [-0.1, -0.05) is 71.1 Å². The second-order valence-corrected chi connectivity index (χ2v) is 5.32. The van der Waals surface area contributed by atoms with Crippen molar-refractivity contribution < 1.29 is 15.1 Å². The molecule has 114 valence electrons. The fraction of sp³-hybridized carbons (Fsp3) is 0.933. The van der Waals surface area contributed by atoms with E-state index in [9.17, 15) is 10.0 Å². The molecule has 0 aliphatic heterocycles. The molecule has 0 aromatic rings. The van der Waals surface area contributed by atoms with Gasteiger partial charge in [-0.05, 0) is 6.42 Å². The van der Waals surface area contributed by atoms with Crippen LogP contribution in [0, 0.1) is 0 Å². The van der Waals surface area contributed by atoms with Crippen molar-refractivity contribution in [3.05, 3.63) is 0 Å². The molecule has 4 nitrogen and oxygen atoms in total. The average Bonchev–Trinajstić information content (AvgIpc) is 2.35. The molecule has 0 spiro atoms. The van der Waals surface area contributed by atoms with E-state index in [4.69, 9.17) is 5.11 Å². The molecule has 0 amide bonds. The summed E-state index contributed by atoms with van der Waals surface area (Å²) in [6.45, 7) is 2.42. The Morgan fingerprint density at radius 3 is 1.68 bits per heavy atom. The summed E-state index contributed by atoms with van der Waals surface area (Å²) in [4.78, 5) is 10.3. The third-order valence-corrected chi connectivity index (χ3v) is 3.34. The second-order valence-electron chi connectivity index (χ2n) is 5.32. The first-order valence-corrected chi connectivity index (χ1v) is 7.82. The lowest BCUT2D eigenvalue weighted by molar-refractivity contribution is -0.153. The summed E-state index contributed by atoms with van der Waals surface area (Å²) in [6.07, 6.45) is 13.9. The minimum atomic E-state index is -0.981. The second kappa shape index (κ2) is 13.8. The molecule has 4 heteroatoms. The quantitative estimate of drug-likeness (QED) is 0.370. The summed E-state index contributed by atoms with van der Waals surface area (Å²) in [5.41, 5.74) is 0. The summed E-state index contributed by atoms with van der Waals surface area (Å²) in [7, 11) is 0. The van der Waals surface area contributed by atoms with Crippen LogP contribution in [0.1, 0.15) is 77.6 Å². The van der Waals surface area contributed by atoms with Crippen LogP contribution in [-0.4, -0.2) is 34.4 Å². The molecule has 0 rings (SSSR count). The van der Waals surface area contributed by atoms with E-state index in [2.05, 4.69) is 6.92 Å². The van der Waals surface area contributed by atoms with Crippen LogP contribution in [0.3, 0.4) is 0 Å². The molecule has 0 aliphatic rings. The molecule has 0 aliphatic carbocycles. The van der Waals surface area contributed by atoms with E-state index in [-0.39, 0.29) is 6.54 Å². The zero-order valence-corrected chi connectivity index (χ0v) is 12.4. The predicted octanol–water partition coefficient (Wildman–Crippen LogP) is 4.07. The van der Waals surface area contributed by atoms with Crippen molar-refractivity contribution in [3.8, 4) is 0 Å². The first-order valence-electron chi connectivity index (χ1n) is 7.82. The molecule has 0 bridgehead atoms. The Morgan fingerprint density at radius 1 is 0.842 bits per heavy atom. The van der Waals surface area contributed by atoms with Crippen LogP contribution in [0.15, 0.2) is 0 Å². The number of hydrogen-bond acceptors (Lipinski definition) is 3. The minimum Gasteiger partial charge on any atom is -0.480 e. The number of hydroxylamine groups is 2. The molecule has 0 radical (unpaired) electrons. The predicted molar refractivity (Wildman–Crippen MR) is 77.5 cm³/mol. The molecule has 0 aromatic carbocycles. The lowest BCUT2D eigenvalue weighted by Gasteiger charge is -2.11. The lowest BCUT2D eigenvalue weighted by atomic mass is 10.1. The third-order valence-electron chi connectivity index (χ3n) is 3.34. The summed E-state index contributed by atoms with van der Waals surface area (Å²) >= 11 is 0. The number of carbonyl (C=O) groups is 1. The average molecular weight is 273 g/mol. The molecule has 0 saturated carbocycles. The third kappa shape index (κ3) is 15.3. The van der Waals surface area contributed by atoms with Crippen LogP contribution in [0.2, 0.25) is 0 Å². The number of carboxylic acids is 1. The number of aliphatic carboxylic acids is 1. The highest BCUT2D eigenvalue weighted by atomic mass is 16.5. The monoisotopic (exact) mass is 273 g/mol. The van der Waals surface area contributed by atoms with E-state index in [1.54, 1.807) is 0 Å². The number of rotatable bonds is 14. The first kappa shape index (κ1) is 18.4. The number of unbranched alkanes of at least 4 members (excludes halogenated alkanes) is 10. The van der Waals surface area contributed by atoms with Gasteiger partial charge in [0.15, 0.2) is 0 Å². The van der Waals surface area contributed by atoms with E-state index >= 15 is 0 Å². The van der Waals surface area contributed by atoms with Gasteiger partial charge in [-0.3, -0.25) is 4.79 Å². The number of carboxylic acid groups (broad SMARTS) is 1. The van der Waals surface area contributed by atoms with Crippen LogP contribution in [0.4, 0.5) is 0 Å². The molecule has 0 aromatic heterocycles. The van der Waals surface area contributed by atoms with Crippen molar-refractivity contribution in [1.82, 2.24) is 5.06 Å². The highest BCUT2D eigenvalue weighted by Gasteiger charge is 2.04. The Morgan fingerprint density at radius 2 is 1.26 bits per heavy atom. The molecule has 0 heterocycles. The summed E-state index contributed by atoms with van der Waals surface area (Å²) < 4.78 is 0. The van der Waals surface area contributed by atoms with Crippen molar-refractivity contribution in [3.63, 3.8) is 0 Å². The molecule has 0 unspecified atom stereocenters. The van der Waals surface area contributed by atoms with Gasteiger partial charge in [0.1, 0.15) is 6.54 Å². The van der Waals surface area contributed by atoms with Crippen LogP contribution >= 0.6 is 0 Å². The minimum absolute atomic E-state index is 0.280. The molecule has 0 saturated heterocycles. The lowest BCUT2D eigenvalue weighted by Crippen LogP contribution is -2.27. The summed E-state index contributed by atoms with van der Waals surface area (Å²) in [5.74, 6) is -0.981. The van der Waals surface area contributed by atoms with E-state index < -0.39 is 5.97 Å². The molecule has 19 heavy (non-hydrogen) atoms. The SMILES string of the molecule is CCCCCCCCCCCCCN(O)CC(=O)O. The number of hydrogen-bond donors (Lipinski definition) is 2. The maximum absolute atomic E-state index is 10.3. The van der Waals surface area contributed by atoms with E-state index in [1.165, 1.54) is 57.8 Å². The standard InChI is InChI=1S/C15H31NO3/c1-2-3-4-5-6-7-8-9-10-11-12-13-16(19)14-15(17)18/h19H,2-14H2,1H3,(H,17,18). The van der Waals surface area contributed by atoms with Crippen molar-refractivity contribution in [2.24, 2.45) is 0 Å². The topological polar surface area (TPSA) is 60.8 Å². The molecular weight excluding hydrogens is 242 g/mol. The maximum Gasteiger partial charge on any atom is 0.320 e. The van der Waals surface area contributed by atoms with Crippen LogP contribution in [0.5, 0.6) is 0 Å². The summed E-state index contributed by atoms with van der Waals surface area (Å²) in [6, 6.07) is 0. The molecular formula is C15H31NO3. The Balaban J connectivity index is 3.08. The van der Waals surface area contributed by atoms with E-state index in [0.29, 0.717) is 6.54 Å². The van der Waals surface area contributed by atoms with Gasteiger partial charge in [0.05, 0.1) is 0 Å². The first-order chi connectivity index (χ1) is 9.16. The maximum atomic E-state index is 10.3. The van der Waals surface area contributed by atoms with Gasteiger partial charge in [-0.15, -0.1) is 0 Å². The van der Waals surface area contributed by atoms with E-state index in [0.717, 1.165) is 17.9 Å². The molecule has 0 atom stereocenters. The van der Waals surface area contributed by atoms with Crippen molar-refractivity contribution >= 4 is 5.97 Å². The van der Waals surface area contributed by atoms with Crippen molar-refractivity contribution in [2.45, 2.75) is 77.6 Å². The Bertz CT molecular complexity index is 210. The van der Waals surface area contributed by atoms with Gasteiger partial charge in [0, 0.05) is 6.54 Å². The van der Waals surface area contributed by atoms with Gasteiger partial charge in [0.2, 0.25) is 0 Å². The fourth-order valence-electron chi connectivity index (χ4n) is 2.19. The van der Waals surface area contributed by atoms with E-state index in [1.807, 2.05) is 0 Å². The zero-order chi connectivity index (χ0) is 14.3. The Hall–Kier alpha value is -0.610. The van der Waals surface area contributed by atoms with Gasteiger partial charge in [-0.25, -0.2) is 0 Å². The van der Waals surface area contributed by atoms with Crippen molar-refractivity contribution in [1.29, 1.82) is 0 Å². The number of nitrogens with zero attached hydrogens (tertiary/aromatic N) is 1. The zero-order valence-electron chi connectivity index (χ0n) is 12.4. The molecule has 0 fully saturated rings. The van der Waals surface area contributed by atoms with Crippen LogP contribution in [-0.2, 0) is 4.79 Å². The van der Waals surface area contributed by atoms with Gasteiger partial charge >= 0.3 is 5.97 Å². The normalized spacial score (nSPS) is 11.1. The van der Waals surface area contributed by atoms with Gasteiger partial charge in [0.25, 0.3) is 0 Å². The highest BCUT2D eigenvalue weighted by molar-refractivity contribution is 5.68. The van der Waals surface area contributed by atoms with Gasteiger partial charge < -0.3 is 10.3 Å².